The van der Waals surface area contributed by atoms with Gasteiger partial charge in [0.1, 0.15) is 0 Å². The second kappa shape index (κ2) is 7.55. The molecule has 1 N–H and O–H groups in total. The van der Waals surface area contributed by atoms with Crippen molar-refractivity contribution in [3.05, 3.63) is 22.4 Å². The maximum Gasteiger partial charge on any atom is 0.0110 e. The van der Waals surface area contributed by atoms with Gasteiger partial charge >= 0.3 is 0 Å². The van der Waals surface area contributed by atoms with Crippen LogP contribution in [0, 0.1) is 5.92 Å². The standard InChI is InChI=1S/C16H27N3S/c1-2-16(20-13-1)5-6-17-7-8-18-9-11-19(12-10-18)14-15-3-4-15/h1-2,13,15,17H,3-12,14H2. The van der Waals surface area contributed by atoms with Crippen LogP contribution in [0.1, 0.15) is 17.7 Å². The molecule has 2 heterocycles. The van der Waals surface area contributed by atoms with E-state index in [1.165, 1.54) is 63.4 Å². The Morgan fingerprint density at radius 1 is 1.10 bits per heavy atom. The average Bonchev–Trinajstić information content (AvgIpc) is 3.13. The van der Waals surface area contributed by atoms with Gasteiger partial charge in [0.05, 0.1) is 0 Å². The highest BCUT2D eigenvalue weighted by Crippen LogP contribution is 2.29. The molecule has 20 heavy (non-hydrogen) atoms. The van der Waals surface area contributed by atoms with E-state index in [1.807, 2.05) is 11.3 Å². The monoisotopic (exact) mass is 293 g/mol. The molecule has 0 aromatic carbocycles. The van der Waals surface area contributed by atoms with Crippen molar-refractivity contribution in [3.8, 4) is 0 Å². The van der Waals surface area contributed by atoms with Crippen molar-refractivity contribution in [3.63, 3.8) is 0 Å². The molecule has 1 aliphatic heterocycles. The second-order valence-corrected chi connectivity index (χ2v) is 7.20. The van der Waals surface area contributed by atoms with Crippen LogP contribution >= 0.6 is 11.3 Å². The van der Waals surface area contributed by atoms with Crippen molar-refractivity contribution in [2.75, 3.05) is 52.4 Å². The van der Waals surface area contributed by atoms with E-state index in [4.69, 9.17) is 0 Å². The van der Waals surface area contributed by atoms with E-state index < -0.39 is 0 Å². The zero-order valence-corrected chi connectivity index (χ0v) is 13.2. The SMILES string of the molecule is c1csc(CCNCCN2CCN(CC3CC3)CC2)c1. The normalized spacial score (nSPS) is 21.4. The zero-order chi connectivity index (χ0) is 13.6. The molecule has 1 saturated heterocycles. The van der Waals surface area contributed by atoms with Gasteiger partial charge in [0.2, 0.25) is 0 Å². The Balaban J connectivity index is 1.21. The lowest BCUT2D eigenvalue weighted by Gasteiger charge is -2.34. The fourth-order valence-electron chi connectivity index (χ4n) is 2.89. The molecule has 1 aliphatic carbocycles. The lowest BCUT2D eigenvalue weighted by atomic mass is 10.3. The van der Waals surface area contributed by atoms with E-state index in [1.54, 1.807) is 0 Å². The Hall–Kier alpha value is -0.420. The number of nitrogens with zero attached hydrogens (tertiary/aromatic N) is 2. The van der Waals surface area contributed by atoms with Gasteiger partial charge in [-0.25, -0.2) is 0 Å². The molecule has 0 amide bonds. The van der Waals surface area contributed by atoms with Crippen LogP contribution in [0.15, 0.2) is 17.5 Å². The molecule has 3 rings (SSSR count). The predicted molar refractivity (Wildman–Crippen MR) is 86.5 cm³/mol. The third-order valence-corrected chi connectivity index (χ3v) is 5.35. The molecule has 1 aromatic heterocycles. The Morgan fingerprint density at radius 2 is 1.90 bits per heavy atom. The average molecular weight is 293 g/mol. The minimum Gasteiger partial charge on any atom is -0.315 e. The van der Waals surface area contributed by atoms with Gasteiger partial charge in [-0.3, -0.25) is 4.90 Å². The van der Waals surface area contributed by atoms with Crippen LogP contribution in [-0.4, -0.2) is 62.2 Å². The molecule has 0 atom stereocenters. The number of piperazine rings is 1. The van der Waals surface area contributed by atoms with Crippen molar-refractivity contribution in [2.24, 2.45) is 5.92 Å². The smallest absolute Gasteiger partial charge is 0.0110 e. The van der Waals surface area contributed by atoms with E-state index in [0.717, 1.165) is 19.0 Å². The Bertz CT molecular complexity index is 367. The highest BCUT2D eigenvalue weighted by atomic mass is 32.1. The number of nitrogens with one attached hydrogen (secondary N) is 1. The van der Waals surface area contributed by atoms with E-state index in [2.05, 4.69) is 32.6 Å². The van der Waals surface area contributed by atoms with Crippen LogP contribution in [0.3, 0.4) is 0 Å². The number of hydrogen-bond donors (Lipinski definition) is 1. The topological polar surface area (TPSA) is 18.5 Å². The lowest BCUT2D eigenvalue weighted by Crippen LogP contribution is -2.48. The molecule has 4 heteroatoms. The van der Waals surface area contributed by atoms with Gasteiger partial charge in [0.15, 0.2) is 0 Å². The van der Waals surface area contributed by atoms with Gasteiger partial charge in [-0.1, -0.05) is 6.07 Å². The summed E-state index contributed by atoms with van der Waals surface area (Å²) in [6.07, 6.45) is 4.13. The van der Waals surface area contributed by atoms with Gasteiger partial charge in [0.25, 0.3) is 0 Å². The summed E-state index contributed by atoms with van der Waals surface area (Å²) in [4.78, 5) is 6.77. The van der Waals surface area contributed by atoms with Gasteiger partial charge in [-0.2, -0.15) is 0 Å². The zero-order valence-electron chi connectivity index (χ0n) is 12.4. The summed E-state index contributed by atoms with van der Waals surface area (Å²) in [5.74, 6) is 1.04. The molecule has 1 aromatic rings. The molecule has 0 bridgehead atoms. The molecule has 1 saturated carbocycles. The highest BCUT2D eigenvalue weighted by molar-refractivity contribution is 7.09. The Morgan fingerprint density at radius 3 is 2.60 bits per heavy atom. The summed E-state index contributed by atoms with van der Waals surface area (Å²) in [5.41, 5.74) is 0. The van der Waals surface area contributed by atoms with Crippen molar-refractivity contribution in [2.45, 2.75) is 19.3 Å². The van der Waals surface area contributed by atoms with Gasteiger partial charge in [0, 0.05) is 57.2 Å². The van der Waals surface area contributed by atoms with Crippen LogP contribution < -0.4 is 5.32 Å². The minimum atomic E-state index is 1.04. The molecule has 0 radical (unpaired) electrons. The van der Waals surface area contributed by atoms with Gasteiger partial charge < -0.3 is 10.2 Å². The van der Waals surface area contributed by atoms with Crippen molar-refractivity contribution < 1.29 is 0 Å². The second-order valence-electron chi connectivity index (χ2n) is 6.16. The first-order valence-corrected chi connectivity index (χ1v) is 8.96. The van der Waals surface area contributed by atoms with Crippen LogP contribution in [-0.2, 0) is 6.42 Å². The molecule has 0 unspecified atom stereocenters. The molecule has 2 fully saturated rings. The summed E-state index contributed by atoms with van der Waals surface area (Å²) in [6.45, 7) is 9.92. The Kier molecular flexibility index (Phi) is 5.48. The van der Waals surface area contributed by atoms with Crippen molar-refractivity contribution in [1.29, 1.82) is 0 Å². The largest absolute Gasteiger partial charge is 0.315 e. The van der Waals surface area contributed by atoms with E-state index in [0.29, 0.717) is 0 Å². The molecule has 2 aliphatic rings. The fraction of sp³-hybridized carbons (Fsp3) is 0.750. The van der Waals surface area contributed by atoms with E-state index in [-0.39, 0.29) is 0 Å². The molecular weight excluding hydrogens is 266 g/mol. The summed E-state index contributed by atoms with van der Waals surface area (Å²) in [5, 5.41) is 5.74. The third kappa shape index (κ3) is 4.85. The van der Waals surface area contributed by atoms with Crippen molar-refractivity contribution >= 4 is 11.3 Å². The van der Waals surface area contributed by atoms with Crippen LogP contribution in [0.5, 0.6) is 0 Å². The predicted octanol–water partition coefficient (Wildman–Crippen LogP) is 1.91. The van der Waals surface area contributed by atoms with Crippen LogP contribution in [0.4, 0.5) is 0 Å². The lowest BCUT2D eigenvalue weighted by molar-refractivity contribution is 0.129. The first-order chi connectivity index (χ1) is 9.90. The summed E-state index contributed by atoms with van der Waals surface area (Å²) in [6, 6.07) is 4.37. The minimum absolute atomic E-state index is 1.04. The number of thiophene rings is 1. The number of rotatable bonds is 8. The first-order valence-electron chi connectivity index (χ1n) is 8.08. The first kappa shape index (κ1) is 14.5. The van der Waals surface area contributed by atoms with Gasteiger partial charge in [-0.15, -0.1) is 11.3 Å². The maximum atomic E-state index is 3.58. The maximum absolute atomic E-state index is 3.58. The molecule has 112 valence electrons. The van der Waals surface area contributed by atoms with E-state index in [9.17, 15) is 0 Å². The molecule has 0 spiro atoms. The summed E-state index contributed by atoms with van der Waals surface area (Å²) >= 11 is 1.86. The molecule has 3 nitrogen and oxygen atoms in total. The summed E-state index contributed by atoms with van der Waals surface area (Å²) in [7, 11) is 0. The summed E-state index contributed by atoms with van der Waals surface area (Å²) < 4.78 is 0. The van der Waals surface area contributed by atoms with Gasteiger partial charge in [-0.05, 0) is 36.6 Å². The fourth-order valence-corrected chi connectivity index (χ4v) is 3.60. The highest BCUT2D eigenvalue weighted by Gasteiger charge is 2.26. The van der Waals surface area contributed by atoms with E-state index >= 15 is 0 Å². The molecular formula is C16H27N3S. The van der Waals surface area contributed by atoms with Crippen LogP contribution in [0.25, 0.3) is 0 Å². The van der Waals surface area contributed by atoms with Crippen LogP contribution in [0.2, 0.25) is 0 Å². The third-order valence-electron chi connectivity index (χ3n) is 4.41. The Labute approximate surface area is 127 Å². The van der Waals surface area contributed by atoms with Crippen molar-refractivity contribution in [1.82, 2.24) is 15.1 Å². The number of hydrogen-bond acceptors (Lipinski definition) is 4. The quantitative estimate of drug-likeness (QED) is 0.739.